The molecule has 0 aliphatic rings. The number of hydrogen-bond donors (Lipinski definition) is 1. The predicted molar refractivity (Wildman–Crippen MR) is 74.6 cm³/mol. The number of carbonyl (C=O) groups is 3. The fourth-order valence-corrected chi connectivity index (χ4v) is 1.51. The third-order valence-electron chi connectivity index (χ3n) is 2.46. The first-order valence-electron chi connectivity index (χ1n) is 6.38. The first-order valence-corrected chi connectivity index (χ1v) is 6.38. The van der Waals surface area contributed by atoms with Crippen LogP contribution in [-0.2, 0) is 19.1 Å². The molecule has 1 N–H and O–H groups in total. The van der Waals surface area contributed by atoms with E-state index in [9.17, 15) is 14.4 Å². The SMILES string of the molecule is CCOC(=O)C(=Cc1ccc(C(=O)O)cc1)C(=O)OCC. The summed E-state index contributed by atoms with van der Waals surface area (Å²) in [5.74, 6) is -2.61. The molecule has 0 bridgehead atoms. The lowest BCUT2D eigenvalue weighted by molar-refractivity contribution is -0.146. The molecule has 0 spiro atoms. The van der Waals surface area contributed by atoms with Crippen LogP contribution in [0.2, 0.25) is 0 Å². The minimum absolute atomic E-state index is 0.112. The van der Waals surface area contributed by atoms with E-state index in [-0.39, 0.29) is 24.4 Å². The number of carboxylic acid groups (broad SMARTS) is 1. The molecule has 1 aromatic rings. The molecule has 0 fully saturated rings. The zero-order chi connectivity index (χ0) is 15.8. The van der Waals surface area contributed by atoms with Crippen molar-refractivity contribution in [2.75, 3.05) is 13.2 Å². The number of carboxylic acids is 1. The number of ether oxygens (including phenoxy) is 2. The second kappa shape index (κ2) is 7.84. The van der Waals surface area contributed by atoms with Crippen LogP contribution in [0, 0.1) is 0 Å². The van der Waals surface area contributed by atoms with Crippen molar-refractivity contribution in [2.24, 2.45) is 0 Å². The molecule has 0 saturated heterocycles. The molecule has 112 valence electrons. The van der Waals surface area contributed by atoms with E-state index in [0.717, 1.165) is 0 Å². The molecule has 6 heteroatoms. The van der Waals surface area contributed by atoms with Gasteiger partial charge in [-0.15, -0.1) is 0 Å². The smallest absolute Gasteiger partial charge is 0.345 e. The van der Waals surface area contributed by atoms with Gasteiger partial charge in [-0.05, 0) is 37.6 Å². The van der Waals surface area contributed by atoms with E-state index >= 15 is 0 Å². The van der Waals surface area contributed by atoms with Gasteiger partial charge < -0.3 is 14.6 Å². The third-order valence-corrected chi connectivity index (χ3v) is 2.46. The lowest BCUT2D eigenvalue weighted by Gasteiger charge is -2.06. The third kappa shape index (κ3) is 4.76. The van der Waals surface area contributed by atoms with E-state index in [1.54, 1.807) is 13.8 Å². The van der Waals surface area contributed by atoms with Gasteiger partial charge in [0.05, 0.1) is 18.8 Å². The molecule has 0 heterocycles. The Bertz CT molecular complexity index is 536. The number of esters is 2. The number of hydrogen-bond acceptors (Lipinski definition) is 5. The van der Waals surface area contributed by atoms with Gasteiger partial charge in [0.1, 0.15) is 5.57 Å². The normalized spacial score (nSPS) is 9.62. The van der Waals surface area contributed by atoms with Gasteiger partial charge in [0.15, 0.2) is 0 Å². The highest BCUT2D eigenvalue weighted by Gasteiger charge is 2.20. The van der Waals surface area contributed by atoms with Crippen molar-refractivity contribution in [3.63, 3.8) is 0 Å². The van der Waals surface area contributed by atoms with Crippen LogP contribution >= 0.6 is 0 Å². The molecule has 1 rings (SSSR count). The van der Waals surface area contributed by atoms with Crippen molar-refractivity contribution in [2.45, 2.75) is 13.8 Å². The highest BCUT2D eigenvalue weighted by molar-refractivity contribution is 6.17. The monoisotopic (exact) mass is 292 g/mol. The Morgan fingerprint density at radius 2 is 1.48 bits per heavy atom. The van der Waals surface area contributed by atoms with Crippen LogP contribution < -0.4 is 0 Å². The zero-order valence-corrected chi connectivity index (χ0v) is 11.8. The average Bonchev–Trinajstić information content (AvgIpc) is 2.45. The largest absolute Gasteiger partial charge is 0.478 e. The summed E-state index contributed by atoms with van der Waals surface area (Å²) in [4.78, 5) is 34.3. The lowest BCUT2D eigenvalue weighted by atomic mass is 10.1. The van der Waals surface area contributed by atoms with Crippen LogP contribution in [0.4, 0.5) is 0 Å². The van der Waals surface area contributed by atoms with E-state index < -0.39 is 17.9 Å². The van der Waals surface area contributed by atoms with Gasteiger partial charge in [-0.3, -0.25) is 0 Å². The van der Waals surface area contributed by atoms with Crippen LogP contribution in [0.3, 0.4) is 0 Å². The summed E-state index contributed by atoms with van der Waals surface area (Å²) >= 11 is 0. The average molecular weight is 292 g/mol. The Morgan fingerprint density at radius 3 is 1.86 bits per heavy atom. The summed E-state index contributed by atoms with van der Waals surface area (Å²) in [5, 5.41) is 8.81. The van der Waals surface area contributed by atoms with Crippen LogP contribution in [0.1, 0.15) is 29.8 Å². The predicted octanol–water partition coefficient (Wildman–Crippen LogP) is 1.89. The summed E-state index contributed by atoms with van der Waals surface area (Å²) < 4.78 is 9.61. The van der Waals surface area contributed by atoms with Crippen molar-refractivity contribution >= 4 is 24.0 Å². The Hall–Kier alpha value is -2.63. The van der Waals surface area contributed by atoms with E-state index in [1.165, 1.54) is 30.3 Å². The quantitative estimate of drug-likeness (QED) is 0.373. The van der Waals surface area contributed by atoms with Gasteiger partial charge in [0.25, 0.3) is 0 Å². The van der Waals surface area contributed by atoms with Crippen LogP contribution in [0.25, 0.3) is 6.08 Å². The van der Waals surface area contributed by atoms with Gasteiger partial charge >= 0.3 is 17.9 Å². The maximum absolute atomic E-state index is 11.8. The molecule has 0 unspecified atom stereocenters. The van der Waals surface area contributed by atoms with Gasteiger partial charge in [-0.2, -0.15) is 0 Å². The Balaban J connectivity index is 3.08. The summed E-state index contributed by atoms with van der Waals surface area (Å²) in [6.45, 7) is 3.52. The molecule has 6 nitrogen and oxygen atoms in total. The highest BCUT2D eigenvalue weighted by Crippen LogP contribution is 2.12. The van der Waals surface area contributed by atoms with Gasteiger partial charge in [0, 0.05) is 0 Å². The number of rotatable bonds is 6. The molecule has 0 amide bonds. The van der Waals surface area contributed by atoms with Crippen LogP contribution in [0.15, 0.2) is 29.8 Å². The Kier molecular flexibility index (Phi) is 6.13. The van der Waals surface area contributed by atoms with E-state index in [2.05, 4.69) is 0 Å². The second-order valence-corrected chi connectivity index (χ2v) is 3.93. The highest BCUT2D eigenvalue weighted by atomic mass is 16.6. The van der Waals surface area contributed by atoms with Crippen LogP contribution in [-0.4, -0.2) is 36.2 Å². The van der Waals surface area contributed by atoms with Crippen molar-refractivity contribution in [3.8, 4) is 0 Å². The maximum Gasteiger partial charge on any atom is 0.345 e. The maximum atomic E-state index is 11.8. The summed E-state index contributed by atoms with van der Waals surface area (Å²) in [5.41, 5.74) is 0.374. The molecule has 0 aliphatic carbocycles. The first-order chi connectivity index (χ1) is 9.99. The van der Waals surface area contributed by atoms with E-state index in [1.807, 2.05) is 0 Å². The van der Waals surface area contributed by atoms with Crippen molar-refractivity contribution in [1.29, 1.82) is 0 Å². The molecule has 0 radical (unpaired) electrons. The van der Waals surface area contributed by atoms with Crippen molar-refractivity contribution in [1.82, 2.24) is 0 Å². The Morgan fingerprint density at radius 1 is 1.00 bits per heavy atom. The molecular weight excluding hydrogens is 276 g/mol. The molecule has 0 atom stereocenters. The summed E-state index contributed by atoms with van der Waals surface area (Å²) in [7, 11) is 0. The molecule has 21 heavy (non-hydrogen) atoms. The molecule has 1 aromatic carbocycles. The van der Waals surface area contributed by atoms with Crippen molar-refractivity contribution < 1.29 is 29.0 Å². The summed E-state index contributed by atoms with van der Waals surface area (Å²) in [6.07, 6.45) is 1.31. The molecular formula is C15H16O6. The Labute approximate surface area is 122 Å². The summed E-state index contributed by atoms with van der Waals surface area (Å²) in [6, 6.07) is 5.73. The van der Waals surface area contributed by atoms with E-state index in [4.69, 9.17) is 14.6 Å². The zero-order valence-electron chi connectivity index (χ0n) is 11.8. The minimum atomic E-state index is -1.05. The lowest BCUT2D eigenvalue weighted by Crippen LogP contribution is -2.18. The number of aromatic carboxylic acids is 1. The second-order valence-electron chi connectivity index (χ2n) is 3.93. The van der Waals surface area contributed by atoms with Gasteiger partial charge in [0.2, 0.25) is 0 Å². The number of carbonyl (C=O) groups excluding carboxylic acids is 2. The molecule has 0 saturated carbocycles. The topological polar surface area (TPSA) is 89.9 Å². The van der Waals surface area contributed by atoms with E-state index in [0.29, 0.717) is 5.56 Å². The van der Waals surface area contributed by atoms with Gasteiger partial charge in [-0.25, -0.2) is 14.4 Å². The molecule has 0 aromatic heterocycles. The van der Waals surface area contributed by atoms with Gasteiger partial charge in [-0.1, -0.05) is 12.1 Å². The van der Waals surface area contributed by atoms with Crippen molar-refractivity contribution in [3.05, 3.63) is 41.0 Å². The standard InChI is InChI=1S/C15H16O6/c1-3-20-14(18)12(15(19)21-4-2)9-10-5-7-11(8-6-10)13(16)17/h5-9H,3-4H2,1-2H3,(H,16,17). The minimum Gasteiger partial charge on any atom is -0.478 e. The fraction of sp³-hybridized carbons (Fsp3) is 0.267. The number of benzene rings is 1. The first kappa shape index (κ1) is 16.4. The van der Waals surface area contributed by atoms with Crippen LogP contribution in [0.5, 0.6) is 0 Å². The fourth-order valence-electron chi connectivity index (χ4n) is 1.51. The molecule has 0 aliphatic heterocycles.